The van der Waals surface area contributed by atoms with Crippen molar-refractivity contribution in [2.24, 2.45) is 4.99 Å². The van der Waals surface area contributed by atoms with Crippen LogP contribution in [0.15, 0.2) is 59.6 Å². The van der Waals surface area contributed by atoms with Crippen LogP contribution in [0.25, 0.3) is 0 Å². The van der Waals surface area contributed by atoms with Gasteiger partial charge in [0.1, 0.15) is 6.04 Å². The van der Waals surface area contributed by atoms with Gasteiger partial charge in [-0.05, 0) is 25.8 Å². The number of hydrogen-bond donors (Lipinski definition) is 2. The second kappa shape index (κ2) is 13.1. The minimum atomic E-state index is -4.37. The Bertz CT molecular complexity index is 1150. The van der Waals surface area contributed by atoms with Crippen molar-refractivity contribution in [3.05, 3.63) is 65.7 Å². The molecule has 0 unspecified atom stereocenters. The van der Waals surface area contributed by atoms with E-state index in [-0.39, 0.29) is 19.6 Å². The number of halogens is 3. The number of carbonyl (C=O) groups excluding carboxylic acids is 3. The lowest BCUT2D eigenvalue weighted by Gasteiger charge is -2.26. The van der Waals surface area contributed by atoms with Crippen molar-refractivity contribution in [3.63, 3.8) is 0 Å². The molecule has 0 aromatic heterocycles. The minimum absolute atomic E-state index is 0.202. The molecule has 3 rings (SSSR count). The number of ether oxygens (including phenoxy) is 1. The zero-order valence-electron chi connectivity index (χ0n) is 21.3. The number of fused-ring (bicyclic) bond motifs is 1. The Balaban J connectivity index is 1.91. The summed E-state index contributed by atoms with van der Waals surface area (Å²) in [6, 6.07) is 14.7. The number of carbonyl (C=O) groups is 3. The average molecular weight is 533 g/mol. The Labute approximate surface area is 219 Å². The van der Waals surface area contributed by atoms with Crippen LogP contribution in [-0.2, 0) is 14.3 Å². The number of amides is 3. The highest BCUT2D eigenvalue weighted by molar-refractivity contribution is 6.20. The van der Waals surface area contributed by atoms with Crippen LogP contribution in [0.3, 0.4) is 0 Å². The fourth-order valence-electron chi connectivity index (χ4n) is 3.87. The molecular formula is C27H31F3N4O4. The zero-order valence-corrected chi connectivity index (χ0v) is 21.3. The first-order chi connectivity index (χ1) is 18.1. The molecule has 1 aliphatic heterocycles. The summed E-state index contributed by atoms with van der Waals surface area (Å²) < 4.78 is 43.7. The molecule has 0 aliphatic carbocycles. The molecule has 2 aromatic carbocycles. The lowest BCUT2D eigenvalue weighted by Crippen LogP contribution is -2.53. The maximum atomic E-state index is 13.6. The molecule has 0 saturated heterocycles. The third kappa shape index (κ3) is 7.80. The van der Waals surface area contributed by atoms with Crippen molar-refractivity contribution in [1.82, 2.24) is 10.6 Å². The molecule has 0 fully saturated rings. The van der Waals surface area contributed by atoms with Crippen LogP contribution >= 0.6 is 0 Å². The summed E-state index contributed by atoms with van der Waals surface area (Å²) in [4.78, 5) is 44.3. The summed E-state index contributed by atoms with van der Waals surface area (Å²) in [5.74, 6) is -1.38. The van der Waals surface area contributed by atoms with E-state index in [0.717, 1.165) is 6.42 Å². The lowest BCUT2D eigenvalue weighted by molar-refractivity contribution is -0.135. The van der Waals surface area contributed by atoms with E-state index in [2.05, 4.69) is 15.6 Å². The Morgan fingerprint density at radius 2 is 1.76 bits per heavy atom. The second-order valence-electron chi connectivity index (χ2n) is 8.84. The van der Waals surface area contributed by atoms with Crippen LogP contribution in [0.2, 0.25) is 0 Å². The number of benzodiazepines with no additional fused rings is 1. The topological polar surface area (TPSA) is 100 Å². The second-order valence-corrected chi connectivity index (χ2v) is 8.84. The number of alkyl carbamates (subject to hydrolysis) is 1. The highest BCUT2D eigenvalue weighted by Crippen LogP contribution is 2.29. The van der Waals surface area contributed by atoms with Gasteiger partial charge >= 0.3 is 12.3 Å². The normalized spacial score (nSPS) is 16.1. The van der Waals surface area contributed by atoms with Gasteiger partial charge in [-0.2, -0.15) is 13.2 Å². The third-order valence-corrected chi connectivity index (χ3v) is 5.83. The average Bonchev–Trinajstić information content (AvgIpc) is 2.99. The van der Waals surface area contributed by atoms with Gasteiger partial charge < -0.3 is 20.3 Å². The van der Waals surface area contributed by atoms with Crippen LogP contribution in [0, 0.1) is 0 Å². The first kappa shape index (κ1) is 28.7. The Morgan fingerprint density at radius 3 is 2.45 bits per heavy atom. The van der Waals surface area contributed by atoms with Crippen molar-refractivity contribution in [3.8, 4) is 0 Å². The number of alkyl halides is 3. The number of nitrogens with one attached hydrogen (secondary N) is 2. The van der Waals surface area contributed by atoms with Crippen LogP contribution in [0.1, 0.15) is 50.7 Å². The fourth-order valence-corrected chi connectivity index (χ4v) is 3.87. The maximum Gasteiger partial charge on any atom is 0.407 e. The van der Waals surface area contributed by atoms with Crippen LogP contribution in [0.5, 0.6) is 0 Å². The molecule has 38 heavy (non-hydrogen) atoms. The van der Waals surface area contributed by atoms with E-state index in [4.69, 9.17) is 4.74 Å². The van der Waals surface area contributed by atoms with Crippen molar-refractivity contribution in [2.75, 3.05) is 18.1 Å². The lowest BCUT2D eigenvalue weighted by atomic mass is 10.00. The smallest absolute Gasteiger partial charge is 0.407 e. The predicted molar refractivity (Wildman–Crippen MR) is 137 cm³/mol. The minimum Gasteiger partial charge on any atom is -0.450 e. The van der Waals surface area contributed by atoms with Crippen LogP contribution < -0.4 is 15.5 Å². The summed E-state index contributed by atoms with van der Waals surface area (Å²) in [5, 5.41) is 4.95. The van der Waals surface area contributed by atoms with Gasteiger partial charge in [-0.3, -0.25) is 9.59 Å². The Hall–Kier alpha value is -3.89. The summed E-state index contributed by atoms with van der Waals surface area (Å²) in [5.41, 5.74) is 2.00. The highest BCUT2D eigenvalue weighted by Gasteiger charge is 2.35. The predicted octanol–water partition coefficient (Wildman–Crippen LogP) is 4.57. The van der Waals surface area contributed by atoms with Gasteiger partial charge in [-0.15, -0.1) is 0 Å². The number of unbranched alkanes of at least 4 members (excludes halogenated alkanes) is 1. The zero-order chi connectivity index (χ0) is 27.7. The summed E-state index contributed by atoms with van der Waals surface area (Å²) in [6.45, 7) is 3.34. The van der Waals surface area contributed by atoms with Crippen molar-refractivity contribution >= 4 is 29.3 Å². The molecule has 0 spiro atoms. The Morgan fingerprint density at radius 1 is 1.08 bits per heavy atom. The molecule has 0 radical (unpaired) electrons. The number of hydrogen-bond acceptors (Lipinski definition) is 5. The molecule has 0 bridgehead atoms. The largest absolute Gasteiger partial charge is 0.450 e. The third-order valence-electron chi connectivity index (χ3n) is 5.83. The van der Waals surface area contributed by atoms with E-state index in [1.54, 1.807) is 48.5 Å². The van der Waals surface area contributed by atoms with Crippen molar-refractivity contribution in [1.29, 1.82) is 0 Å². The Kier molecular flexibility index (Phi) is 9.86. The standard InChI is InChI=1S/C27H31F3N4O4/c1-3-4-17-38-26(37)31-18(2)24(35)33-23-25(36)34(16-10-15-27(28,29)30)21-14-9-8-13-20(21)22(32-23)19-11-6-5-7-12-19/h5-9,11-14,18,23H,3-4,10,15-17H2,1-2H3,(H,31,37)(H,33,35)/t18-,23-/m0/s1. The molecule has 3 amide bonds. The number of nitrogens with zero attached hydrogens (tertiary/aromatic N) is 2. The monoisotopic (exact) mass is 532 g/mol. The molecule has 2 aromatic rings. The van der Waals surface area contributed by atoms with Gasteiger partial charge in [0.05, 0.1) is 18.0 Å². The maximum absolute atomic E-state index is 13.6. The van der Waals surface area contributed by atoms with Gasteiger partial charge in [0, 0.05) is 24.1 Å². The molecule has 2 atom stereocenters. The molecular weight excluding hydrogens is 501 g/mol. The number of rotatable bonds is 10. The van der Waals surface area contributed by atoms with Gasteiger partial charge in [0.2, 0.25) is 12.1 Å². The molecule has 0 saturated carbocycles. The van der Waals surface area contributed by atoms with E-state index >= 15 is 0 Å². The first-order valence-electron chi connectivity index (χ1n) is 12.4. The van der Waals surface area contributed by atoms with E-state index < -0.39 is 42.7 Å². The van der Waals surface area contributed by atoms with E-state index in [1.807, 2.05) is 13.0 Å². The fraction of sp³-hybridized carbons (Fsp3) is 0.407. The first-order valence-corrected chi connectivity index (χ1v) is 12.4. The van der Waals surface area contributed by atoms with Gasteiger partial charge in [-0.25, -0.2) is 9.79 Å². The summed E-state index contributed by atoms with van der Waals surface area (Å²) >= 11 is 0. The molecule has 11 heteroatoms. The summed E-state index contributed by atoms with van der Waals surface area (Å²) in [7, 11) is 0. The van der Waals surface area contributed by atoms with E-state index in [9.17, 15) is 27.6 Å². The van der Waals surface area contributed by atoms with Gasteiger partial charge in [0.15, 0.2) is 0 Å². The quantitative estimate of drug-likeness (QED) is 0.438. The van der Waals surface area contributed by atoms with Crippen LogP contribution in [-0.4, -0.2) is 55.2 Å². The molecule has 2 N–H and O–H groups in total. The highest BCUT2D eigenvalue weighted by atomic mass is 19.4. The molecule has 204 valence electrons. The SMILES string of the molecule is CCCCOC(=O)N[C@@H](C)C(=O)N[C@@H]1N=C(c2ccccc2)c2ccccc2N(CCCC(F)(F)F)C1=O. The van der Waals surface area contributed by atoms with Crippen molar-refractivity contribution < 1.29 is 32.3 Å². The molecule has 1 heterocycles. The summed E-state index contributed by atoms with van der Waals surface area (Å²) in [6.07, 6.45) is -6.47. The van der Waals surface area contributed by atoms with Gasteiger partial charge in [0.25, 0.3) is 5.91 Å². The molecule has 8 nitrogen and oxygen atoms in total. The van der Waals surface area contributed by atoms with Crippen molar-refractivity contribution in [2.45, 2.75) is 57.9 Å². The van der Waals surface area contributed by atoms with E-state index in [0.29, 0.717) is 28.9 Å². The van der Waals surface area contributed by atoms with E-state index in [1.165, 1.54) is 11.8 Å². The number of benzene rings is 2. The molecule has 1 aliphatic rings. The number of para-hydroxylation sites is 1. The van der Waals surface area contributed by atoms with Gasteiger partial charge in [-0.1, -0.05) is 61.9 Å². The number of anilines is 1. The van der Waals surface area contributed by atoms with Crippen LogP contribution in [0.4, 0.5) is 23.7 Å². The number of aliphatic imine (C=N–C) groups is 1.